The third-order valence-electron chi connectivity index (χ3n) is 3.40. The third kappa shape index (κ3) is 1.79. The molecule has 90 valence electrons. The first-order valence-electron chi connectivity index (χ1n) is 5.79. The van der Waals surface area contributed by atoms with Crippen molar-refractivity contribution in [3.63, 3.8) is 0 Å². The summed E-state index contributed by atoms with van der Waals surface area (Å²) in [5, 5.41) is 8.96. The van der Waals surface area contributed by atoms with Crippen molar-refractivity contribution in [3.8, 4) is 5.13 Å². The molecule has 0 aromatic carbocycles. The number of aromatic nitrogens is 3. The molecule has 0 saturated carbocycles. The largest absolute Gasteiger partial charge is 0.324 e. The van der Waals surface area contributed by atoms with Crippen molar-refractivity contribution in [1.29, 1.82) is 0 Å². The lowest BCUT2D eigenvalue weighted by atomic mass is 9.75. The van der Waals surface area contributed by atoms with Gasteiger partial charge in [0.25, 0.3) is 0 Å². The summed E-state index contributed by atoms with van der Waals surface area (Å²) >= 11 is 1.55. The maximum absolute atomic E-state index is 6.24. The first kappa shape index (κ1) is 10.9. The van der Waals surface area contributed by atoms with Gasteiger partial charge < -0.3 is 5.73 Å². The SMILES string of the molecule is CC1(C)Cc2c(ccn2-c2nncs2)C(N)C1. The second-order valence-electron chi connectivity index (χ2n) is 5.46. The average molecular weight is 248 g/mol. The predicted molar refractivity (Wildman–Crippen MR) is 68.3 cm³/mol. The highest BCUT2D eigenvalue weighted by Crippen LogP contribution is 2.40. The molecule has 2 aromatic rings. The number of rotatable bonds is 1. The van der Waals surface area contributed by atoms with E-state index in [1.807, 2.05) is 0 Å². The van der Waals surface area contributed by atoms with Crippen LogP contribution in [0.4, 0.5) is 0 Å². The van der Waals surface area contributed by atoms with Gasteiger partial charge in [-0.15, -0.1) is 10.2 Å². The summed E-state index contributed by atoms with van der Waals surface area (Å²) in [4.78, 5) is 0. The molecule has 1 unspecified atom stereocenters. The van der Waals surface area contributed by atoms with Crippen LogP contribution >= 0.6 is 11.3 Å². The van der Waals surface area contributed by atoms with Crippen molar-refractivity contribution in [2.24, 2.45) is 11.1 Å². The standard InChI is InChI=1S/C12H16N4S/c1-12(2)5-9(13)8-3-4-16(10(8)6-12)11-15-14-7-17-11/h3-4,7,9H,5-6,13H2,1-2H3. The van der Waals surface area contributed by atoms with E-state index in [1.165, 1.54) is 11.3 Å². The molecule has 1 aliphatic rings. The number of hydrogen-bond donors (Lipinski definition) is 1. The van der Waals surface area contributed by atoms with E-state index in [-0.39, 0.29) is 11.5 Å². The maximum Gasteiger partial charge on any atom is 0.216 e. The Bertz CT molecular complexity index is 527. The van der Waals surface area contributed by atoms with Crippen LogP contribution in [0.15, 0.2) is 17.8 Å². The van der Waals surface area contributed by atoms with Crippen LogP contribution in [0, 0.1) is 5.41 Å². The number of nitrogens with zero attached hydrogens (tertiary/aromatic N) is 3. The van der Waals surface area contributed by atoms with Crippen molar-refractivity contribution in [2.75, 3.05) is 0 Å². The molecule has 0 fully saturated rings. The molecule has 0 bridgehead atoms. The molecule has 2 N–H and O–H groups in total. The summed E-state index contributed by atoms with van der Waals surface area (Å²) in [6.07, 6.45) is 4.15. The van der Waals surface area contributed by atoms with Crippen LogP contribution in [0.2, 0.25) is 0 Å². The van der Waals surface area contributed by atoms with Gasteiger partial charge in [0.2, 0.25) is 5.13 Å². The van der Waals surface area contributed by atoms with Crippen molar-refractivity contribution >= 4 is 11.3 Å². The van der Waals surface area contributed by atoms with Gasteiger partial charge in [-0.25, -0.2) is 0 Å². The molecule has 2 heterocycles. The second-order valence-corrected chi connectivity index (χ2v) is 6.27. The van der Waals surface area contributed by atoms with Crippen LogP contribution in [0.25, 0.3) is 5.13 Å². The topological polar surface area (TPSA) is 56.7 Å². The van der Waals surface area contributed by atoms with E-state index in [9.17, 15) is 0 Å². The summed E-state index contributed by atoms with van der Waals surface area (Å²) in [6.45, 7) is 4.54. The molecule has 5 heteroatoms. The molecule has 0 amide bonds. The zero-order chi connectivity index (χ0) is 12.0. The fourth-order valence-electron chi connectivity index (χ4n) is 2.69. The van der Waals surface area contributed by atoms with Crippen LogP contribution in [-0.4, -0.2) is 14.8 Å². The predicted octanol–water partition coefficient (Wildman–Crippen LogP) is 2.30. The minimum Gasteiger partial charge on any atom is -0.324 e. The Morgan fingerprint density at radius 3 is 3.06 bits per heavy atom. The van der Waals surface area contributed by atoms with Crippen LogP contribution < -0.4 is 5.73 Å². The van der Waals surface area contributed by atoms with Gasteiger partial charge >= 0.3 is 0 Å². The summed E-state index contributed by atoms with van der Waals surface area (Å²) in [5.41, 5.74) is 10.8. The van der Waals surface area contributed by atoms with Gasteiger partial charge in [-0.3, -0.25) is 4.57 Å². The lowest BCUT2D eigenvalue weighted by molar-refractivity contribution is 0.278. The van der Waals surface area contributed by atoms with E-state index in [0.717, 1.165) is 18.0 Å². The minimum absolute atomic E-state index is 0.142. The van der Waals surface area contributed by atoms with E-state index < -0.39 is 0 Å². The molecule has 0 aliphatic heterocycles. The van der Waals surface area contributed by atoms with Crippen molar-refractivity contribution < 1.29 is 0 Å². The Morgan fingerprint density at radius 2 is 2.35 bits per heavy atom. The van der Waals surface area contributed by atoms with Gasteiger partial charge in [-0.1, -0.05) is 25.2 Å². The minimum atomic E-state index is 0.142. The highest BCUT2D eigenvalue weighted by molar-refractivity contribution is 7.11. The van der Waals surface area contributed by atoms with Crippen molar-refractivity contribution in [2.45, 2.75) is 32.7 Å². The zero-order valence-electron chi connectivity index (χ0n) is 10.1. The molecule has 2 aromatic heterocycles. The van der Waals surface area contributed by atoms with Crippen LogP contribution in [0.5, 0.6) is 0 Å². The fraction of sp³-hybridized carbons (Fsp3) is 0.500. The molecule has 3 rings (SSSR count). The Labute approximate surface area is 104 Å². The van der Waals surface area contributed by atoms with E-state index in [2.05, 4.69) is 40.9 Å². The Hall–Kier alpha value is -1.20. The molecule has 0 radical (unpaired) electrons. The summed E-state index contributed by atoms with van der Waals surface area (Å²) in [6, 6.07) is 2.26. The van der Waals surface area contributed by atoms with Gasteiger partial charge in [-0.05, 0) is 29.9 Å². The van der Waals surface area contributed by atoms with Gasteiger partial charge in [0, 0.05) is 17.9 Å². The van der Waals surface area contributed by atoms with Gasteiger partial charge in [0.15, 0.2) is 0 Å². The first-order chi connectivity index (χ1) is 8.07. The molecule has 1 atom stereocenters. The van der Waals surface area contributed by atoms with E-state index in [1.54, 1.807) is 16.8 Å². The van der Waals surface area contributed by atoms with E-state index in [4.69, 9.17) is 5.73 Å². The molecule has 17 heavy (non-hydrogen) atoms. The lowest BCUT2D eigenvalue weighted by Crippen LogP contribution is -2.30. The normalized spacial score (nSPS) is 22.4. The number of hydrogen-bond acceptors (Lipinski definition) is 4. The Morgan fingerprint density at radius 1 is 1.53 bits per heavy atom. The van der Waals surface area contributed by atoms with Gasteiger partial charge in [0.1, 0.15) is 5.51 Å². The highest BCUT2D eigenvalue weighted by atomic mass is 32.1. The quantitative estimate of drug-likeness (QED) is 0.842. The van der Waals surface area contributed by atoms with Crippen LogP contribution in [-0.2, 0) is 6.42 Å². The third-order valence-corrected chi connectivity index (χ3v) is 4.09. The molecular formula is C12H16N4S. The van der Waals surface area contributed by atoms with Crippen molar-refractivity contribution in [3.05, 3.63) is 29.0 Å². The maximum atomic E-state index is 6.24. The molecule has 0 saturated heterocycles. The van der Waals surface area contributed by atoms with E-state index in [0.29, 0.717) is 0 Å². The Balaban J connectivity index is 2.11. The molecule has 4 nitrogen and oxygen atoms in total. The van der Waals surface area contributed by atoms with Crippen LogP contribution in [0.3, 0.4) is 0 Å². The first-order valence-corrected chi connectivity index (χ1v) is 6.67. The summed E-state index contributed by atoms with van der Waals surface area (Å²) < 4.78 is 2.13. The monoisotopic (exact) mass is 248 g/mol. The smallest absolute Gasteiger partial charge is 0.216 e. The van der Waals surface area contributed by atoms with E-state index >= 15 is 0 Å². The summed E-state index contributed by atoms with van der Waals surface area (Å²) in [5.74, 6) is 0. The average Bonchev–Trinajstić information content (AvgIpc) is 2.82. The molecule has 1 aliphatic carbocycles. The van der Waals surface area contributed by atoms with Gasteiger partial charge in [0.05, 0.1) is 0 Å². The summed E-state index contributed by atoms with van der Waals surface area (Å²) in [7, 11) is 0. The zero-order valence-corrected chi connectivity index (χ0v) is 10.9. The fourth-order valence-corrected chi connectivity index (χ4v) is 3.25. The highest BCUT2D eigenvalue weighted by Gasteiger charge is 2.32. The second kappa shape index (κ2) is 3.65. The number of nitrogens with two attached hydrogens (primary N) is 1. The molecular weight excluding hydrogens is 232 g/mol. The Kier molecular flexibility index (Phi) is 2.34. The van der Waals surface area contributed by atoms with Gasteiger partial charge in [-0.2, -0.15) is 0 Å². The van der Waals surface area contributed by atoms with Crippen LogP contribution in [0.1, 0.15) is 37.6 Å². The van der Waals surface area contributed by atoms with Crippen molar-refractivity contribution in [1.82, 2.24) is 14.8 Å². The number of fused-ring (bicyclic) bond motifs is 1. The lowest BCUT2D eigenvalue weighted by Gasteiger charge is -2.34. The molecule has 0 spiro atoms.